The van der Waals surface area contributed by atoms with Gasteiger partial charge in [0.15, 0.2) is 0 Å². The Morgan fingerprint density at radius 2 is 1.75 bits per heavy atom. The standard InChI is InChI=1S/C12H26N4/c1-8(2)14-12(16-13)15-11-6-9(3)5-10(4)7-11/h8-11H,5-7,13H2,1-4H3,(H2,14,15,16). The molecule has 0 aliphatic heterocycles. The van der Waals surface area contributed by atoms with Gasteiger partial charge in [0.2, 0.25) is 5.96 Å². The molecule has 2 atom stereocenters. The number of nitrogens with two attached hydrogens (primary N) is 1. The third kappa shape index (κ3) is 4.39. The van der Waals surface area contributed by atoms with E-state index in [2.05, 4.69) is 43.4 Å². The molecule has 1 rings (SSSR count). The predicted octanol–water partition coefficient (Wildman–Crippen LogP) is 1.63. The largest absolute Gasteiger partial charge is 0.353 e. The zero-order valence-corrected chi connectivity index (χ0v) is 11.0. The van der Waals surface area contributed by atoms with E-state index in [1.54, 1.807) is 0 Å². The van der Waals surface area contributed by atoms with E-state index in [0.717, 1.165) is 17.8 Å². The third-order valence-corrected chi connectivity index (χ3v) is 3.03. The third-order valence-electron chi connectivity index (χ3n) is 3.03. The number of nitrogens with one attached hydrogen (secondary N) is 2. The monoisotopic (exact) mass is 226 g/mol. The molecule has 94 valence electrons. The average Bonchev–Trinajstić information content (AvgIpc) is 2.14. The van der Waals surface area contributed by atoms with E-state index < -0.39 is 0 Å². The van der Waals surface area contributed by atoms with E-state index in [4.69, 9.17) is 5.84 Å². The maximum Gasteiger partial charge on any atom is 0.206 e. The zero-order valence-electron chi connectivity index (χ0n) is 11.0. The van der Waals surface area contributed by atoms with Crippen molar-refractivity contribution >= 4 is 5.96 Å². The minimum absolute atomic E-state index is 0.355. The molecule has 1 fully saturated rings. The molecule has 4 heteroatoms. The molecule has 0 spiro atoms. The quantitative estimate of drug-likeness (QED) is 0.290. The first kappa shape index (κ1) is 13.3. The summed E-state index contributed by atoms with van der Waals surface area (Å²) in [7, 11) is 0. The molecule has 0 amide bonds. The molecule has 16 heavy (non-hydrogen) atoms. The number of nitrogens with zero attached hydrogens (tertiary/aromatic N) is 1. The summed E-state index contributed by atoms with van der Waals surface area (Å²) in [4.78, 5) is 4.66. The number of guanidine groups is 1. The minimum Gasteiger partial charge on any atom is -0.353 e. The highest BCUT2D eigenvalue weighted by Gasteiger charge is 2.23. The molecule has 0 aromatic carbocycles. The first-order valence-corrected chi connectivity index (χ1v) is 6.32. The molecular formula is C12H26N4. The van der Waals surface area contributed by atoms with Crippen molar-refractivity contribution in [2.24, 2.45) is 22.7 Å². The van der Waals surface area contributed by atoms with Gasteiger partial charge in [-0.3, -0.25) is 5.43 Å². The van der Waals surface area contributed by atoms with Crippen molar-refractivity contribution in [1.82, 2.24) is 10.7 Å². The lowest BCUT2D eigenvalue weighted by atomic mass is 9.81. The average molecular weight is 226 g/mol. The van der Waals surface area contributed by atoms with Gasteiger partial charge in [0, 0.05) is 6.04 Å². The van der Waals surface area contributed by atoms with E-state index in [1.807, 2.05) is 0 Å². The summed E-state index contributed by atoms with van der Waals surface area (Å²) in [6.45, 7) is 8.78. The van der Waals surface area contributed by atoms with Crippen LogP contribution in [0.15, 0.2) is 4.99 Å². The fourth-order valence-electron chi connectivity index (χ4n) is 2.58. The van der Waals surface area contributed by atoms with Crippen molar-refractivity contribution in [1.29, 1.82) is 0 Å². The molecule has 0 saturated heterocycles. The van der Waals surface area contributed by atoms with Crippen molar-refractivity contribution in [3.05, 3.63) is 0 Å². The predicted molar refractivity (Wildman–Crippen MR) is 69.0 cm³/mol. The Bertz CT molecular complexity index is 227. The fraction of sp³-hybridized carbons (Fsp3) is 0.917. The van der Waals surface area contributed by atoms with Gasteiger partial charge in [0.1, 0.15) is 0 Å². The Hall–Kier alpha value is -0.770. The highest BCUT2D eigenvalue weighted by Crippen LogP contribution is 2.30. The second-order valence-corrected chi connectivity index (χ2v) is 5.49. The lowest BCUT2D eigenvalue weighted by Gasteiger charge is -2.29. The van der Waals surface area contributed by atoms with Crippen LogP contribution in [0.1, 0.15) is 47.0 Å². The van der Waals surface area contributed by atoms with Crippen molar-refractivity contribution in [3.8, 4) is 0 Å². The van der Waals surface area contributed by atoms with E-state index in [9.17, 15) is 0 Å². The number of hydrogen-bond donors (Lipinski definition) is 3. The van der Waals surface area contributed by atoms with Gasteiger partial charge in [0.25, 0.3) is 0 Å². The van der Waals surface area contributed by atoms with Crippen LogP contribution in [0.25, 0.3) is 0 Å². The number of hydrazine groups is 1. The molecule has 1 saturated carbocycles. The van der Waals surface area contributed by atoms with Gasteiger partial charge >= 0.3 is 0 Å². The van der Waals surface area contributed by atoms with Crippen LogP contribution < -0.4 is 16.6 Å². The molecule has 0 radical (unpaired) electrons. The van der Waals surface area contributed by atoms with Crippen molar-refractivity contribution in [2.75, 3.05) is 0 Å². The van der Waals surface area contributed by atoms with Crippen LogP contribution in [-0.2, 0) is 0 Å². The Kier molecular flexibility index (Phi) is 5.06. The molecule has 4 nitrogen and oxygen atoms in total. The molecular weight excluding hydrogens is 200 g/mol. The van der Waals surface area contributed by atoms with E-state index in [1.165, 1.54) is 19.3 Å². The molecule has 0 aromatic rings. The van der Waals surface area contributed by atoms with Gasteiger partial charge in [-0.05, 0) is 44.9 Å². The Labute approximate surface area is 99.1 Å². The van der Waals surface area contributed by atoms with E-state index in [0.29, 0.717) is 12.1 Å². The van der Waals surface area contributed by atoms with E-state index in [-0.39, 0.29) is 0 Å². The number of hydrogen-bond acceptors (Lipinski definition) is 2. The summed E-state index contributed by atoms with van der Waals surface area (Å²) in [5.74, 6) is 7.74. The summed E-state index contributed by atoms with van der Waals surface area (Å²) >= 11 is 0. The highest BCUT2D eigenvalue weighted by atomic mass is 15.3. The first-order valence-electron chi connectivity index (χ1n) is 6.32. The molecule has 1 aliphatic carbocycles. The van der Waals surface area contributed by atoms with Crippen LogP contribution in [0.5, 0.6) is 0 Å². The number of aliphatic imine (C=N–C) groups is 1. The molecule has 0 bridgehead atoms. The molecule has 4 N–H and O–H groups in total. The zero-order chi connectivity index (χ0) is 12.1. The molecule has 0 heterocycles. The Morgan fingerprint density at radius 3 is 2.19 bits per heavy atom. The van der Waals surface area contributed by atoms with Gasteiger partial charge in [-0.1, -0.05) is 13.8 Å². The number of rotatable bonds is 2. The van der Waals surface area contributed by atoms with Gasteiger partial charge in [-0.2, -0.15) is 0 Å². The maximum absolute atomic E-state index is 5.46. The molecule has 0 aromatic heterocycles. The SMILES string of the molecule is CC1CC(C)CC(N=C(NN)NC(C)C)C1. The van der Waals surface area contributed by atoms with Gasteiger partial charge in [0.05, 0.1) is 6.04 Å². The summed E-state index contributed by atoms with van der Waals surface area (Å²) in [5, 5.41) is 3.22. The lowest BCUT2D eigenvalue weighted by Crippen LogP contribution is -2.45. The van der Waals surface area contributed by atoms with Crippen molar-refractivity contribution < 1.29 is 0 Å². The van der Waals surface area contributed by atoms with Gasteiger partial charge in [-0.25, -0.2) is 10.8 Å². The first-order chi connectivity index (χ1) is 7.51. The van der Waals surface area contributed by atoms with Crippen LogP contribution >= 0.6 is 0 Å². The summed E-state index contributed by atoms with van der Waals surface area (Å²) in [5.41, 5.74) is 2.65. The lowest BCUT2D eigenvalue weighted by molar-refractivity contribution is 0.270. The summed E-state index contributed by atoms with van der Waals surface area (Å²) in [6.07, 6.45) is 3.68. The van der Waals surface area contributed by atoms with E-state index >= 15 is 0 Å². The Morgan fingerprint density at radius 1 is 1.19 bits per heavy atom. The van der Waals surface area contributed by atoms with Crippen molar-refractivity contribution in [2.45, 2.75) is 59.0 Å². The van der Waals surface area contributed by atoms with Crippen LogP contribution in [0, 0.1) is 11.8 Å². The highest BCUT2D eigenvalue weighted by molar-refractivity contribution is 5.79. The Balaban J connectivity index is 2.57. The van der Waals surface area contributed by atoms with Crippen LogP contribution in [0.3, 0.4) is 0 Å². The van der Waals surface area contributed by atoms with Crippen LogP contribution in [0.2, 0.25) is 0 Å². The van der Waals surface area contributed by atoms with Gasteiger partial charge < -0.3 is 5.32 Å². The molecule has 2 unspecified atom stereocenters. The minimum atomic E-state index is 0.355. The second-order valence-electron chi connectivity index (χ2n) is 5.49. The smallest absolute Gasteiger partial charge is 0.206 e. The van der Waals surface area contributed by atoms with Crippen LogP contribution in [0.4, 0.5) is 0 Å². The normalized spacial score (nSPS) is 31.6. The second kappa shape index (κ2) is 6.09. The van der Waals surface area contributed by atoms with Crippen LogP contribution in [-0.4, -0.2) is 18.0 Å². The molecule has 1 aliphatic rings. The summed E-state index contributed by atoms with van der Waals surface area (Å²) in [6, 6.07) is 0.768. The van der Waals surface area contributed by atoms with Crippen molar-refractivity contribution in [3.63, 3.8) is 0 Å². The summed E-state index contributed by atoms with van der Waals surface area (Å²) < 4.78 is 0. The topological polar surface area (TPSA) is 62.4 Å². The van der Waals surface area contributed by atoms with Gasteiger partial charge in [-0.15, -0.1) is 0 Å². The fourth-order valence-corrected chi connectivity index (χ4v) is 2.58. The maximum atomic E-state index is 5.46.